The van der Waals surface area contributed by atoms with Gasteiger partial charge in [0.05, 0.1) is 6.04 Å². The monoisotopic (exact) mass is 304 g/mol. The maximum atomic E-state index is 5.86. The number of rotatable bonds is 6. The number of nitrogens with one attached hydrogen (secondary N) is 1. The van der Waals surface area contributed by atoms with Crippen LogP contribution in [0.5, 0.6) is 5.75 Å². The van der Waals surface area contributed by atoms with Crippen LogP contribution in [0.2, 0.25) is 5.02 Å². The topological polar surface area (TPSA) is 47.3 Å². The van der Waals surface area contributed by atoms with Gasteiger partial charge >= 0.3 is 0 Å². The maximum Gasteiger partial charge on any atom is 0.119 e. The van der Waals surface area contributed by atoms with E-state index >= 15 is 0 Å². The maximum absolute atomic E-state index is 5.86. The molecule has 0 aliphatic heterocycles. The van der Waals surface area contributed by atoms with Gasteiger partial charge in [-0.2, -0.15) is 0 Å². The summed E-state index contributed by atoms with van der Waals surface area (Å²) in [5.74, 6) is 6.45. The van der Waals surface area contributed by atoms with Crippen LogP contribution < -0.4 is 16.0 Å². The molecule has 0 aliphatic carbocycles. The van der Waals surface area contributed by atoms with Gasteiger partial charge in [-0.15, -0.1) is 0 Å². The van der Waals surface area contributed by atoms with E-state index in [1.807, 2.05) is 24.3 Å². The van der Waals surface area contributed by atoms with Crippen molar-refractivity contribution in [3.63, 3.8) is 0 Å². The van der Waals surface area contributed by atoms with Crippen LogP contribution in [0.1, 0.15) is 16.7 Å². The van der Waals surface area contributed by atoms with Gasteiger partial charge in [0.2, 0.25) is 0 Å². The predicted molar refractivity (Wildman–Crippen MR) is 87.7 cm³/mol. The molecule has 3 nitrogen and oxygen atoms in total. The minimum absolute atomic E-state index is 0.0560. The van der Waals surface area contributed by atoms with Gasteiger partial charge < -0.3 is 4.74 Å². The highest BCUT2D eigenvalue weighted by atomic mass is 35.5. The average Bonchev–Trinajstić information content (AvgIpc) is 2.48. The number of aryl methyl sites for hydroxylation is 2. The van der Waals surface area contributed by atoms with Crippen molar-refractivity contribution in [2.75, 3.05) is 6.61 Å². The molecule has 3 N–H and O–H groups in total. The molecule has 4 heteroatoms. The second-order valence-electron chi connectivity index (χ2n) is 5.20. The molecule has 0 aromatic heterocycles. The number of hydrogen-bond acceptors (Lipinski definition) is 3. The lowest BCUT2D eigenvalue weighted by atomic mass is 9.97. The zero-order chi connectivity index (χ0) is 15.2. The zero-order valence-corrected chi connectivity index (χ0v) is 13.2. The fourth-order valence-corrected chi connectivity index (χ4v) is 2.44. The summed E-state index contributed by atoms with van der Waals surface area (Å²) in [6.45, 7) is 4.75. The number of hydrazine groups is 1. The van der Waals surface area contributed by atoms with Gasteiger partial charge in [-0.3, -0.25) is 11.3 Å². The first kappa shape index (κ1) is 15.8. The minimum Gasteiger partial charge on any atom is -0.492 e. The van der Waals surface area contributed by atoms with Crippen molar-refractivity contribution in [1.82, 2.24) is 5.43 Å². The normalized spacial score (nSPS) is 12.2. The molecule has 0 saturated carbocycles. The molecule has 21 heavy (non-hydrogen) atoms. The molecule has 0 fully saturated rings. The second-order valence-corrected chi connectivity index (χ2v) is 5.64. The quantitative estimate of drug-likeness (QED) is 0.635. The lowest BCUT2D eigenvalue weighted by Crippen LogP contribution is -2.41. The van der Waals surface area contributed by atoms with Crippen LogP contribution >= 0.6 is 11.6 Å². The van der Waals surface area contributed by atoms with Gasteiger partial charge in [0.25, 0.3) is 0 Å². The largest absolute Gasteiger partial charge is 0.492 e. The number of nitrogens with two attached hydrogens (primary N) is 1. The Morgan fingerprint density at radius 2 is 1.71 bits per heavy atom. The van der Waals surface area contributed by atoms with Gasteiger partial charge in [0.1, 0.15) is 12.4 Å². The Bertz CT molecular complexity index is 564. The van der Waals surface area contributed by atoms with Crippen molar-refractivity contribution in [1.29, 1.82) is 0 Å². The third-order valence-electron chi connectivity index (χ3n) is 3.60. The lowest BCUT2D eigenvalue weighted by Gasteiger charge is -2.19. The molecule has 112 valence electrons. The Labute approximate surface area is 131 Å². The fraction of sp³-hybridized carbons (Fsp3) is 0.294. The van der Waals surface area contributed by atoms with E-state index in [1.165, 1.54) is 16.7 Å². The van der Waals surface area contributed by atoms with Crippen molar-refractivity contribution in [2.24, 2.45) is 5.84 Å². The molecule has 0 heterocycles. The molecule has 0 aliphatic rings. The van der Waals surface area contributed by atoms with Crippen LogP contribution in [0.25, 0.3) is 0 Å². The van der Waals surface area contributed by atoms with Crippen molar-refractivity contribution in [3.05, 3.63) is 64.2 Å². The number of ether oxygens (including phenoxy) is 1. The lowest BCUT2D eigenvalue weighted by molar-refractivity contribution is 0.264. The molecule has 2 aromatic carbocycles. The first-order valence-corrected chi connectivity index (χ1v) is 7.37. The molecule has 2 rings (SSSR count). The van der Waals surface area contributed by atoms with Crippen LogP contribution in [0.3, 0.4) is 0 Å². The average molecular weight is 305 g/mol. The summed E-state index contributed by atoms with van der Waals surface area (Å²) in [6, 6.07) is 13.7. The molecule has 0 radical (unpaired) electrons. The molecule has 0 bridgehead atoms. The van der Waals surface area contributed by atoms with E-state index in [2.05, 4.69) is 37.5 Å². The SMILES string of the molecule is Cc1cccc(C)c1CC(COc1ccc(Cl)cc1)NN. The smallest absolute Gasteiger partial charge is 0.119 e. The minimum atomic E-state index is 0.0560. The highest BCUT2D eigenvalue weighted by Gasteiger charge is 2.12. The van der Waals surface area contributed by atoms with E-state index in [4.69, 9.17) is 22.2 Å². The van der Waals surface area contributed by atoms with E-state index in [-0.39, 0.29) is 6.04 Å². The summed E-state index contributed by atoms with van der Waals surface area (Å²) >= 11 is 5.86. The molecular weight excluding hydrogens is 284 g/mol. The van der Waals surface area contributed by atoms with Crippen molar-refractivity contribution in [2.45, 2.75) is 26.3 Å². The highest BCUT2D eigenvalue weighted by molar-refractivity contribution is 6.30. The van der Waals surface area contributed by atoms with E-state index < -0.39 is 0 Å². The standard InChI is InChI=1S/C17H21ClN2O/c1-12-4-3-5-13(2)17(12)10-15(20-19)11-21-16-8-6-14(18)7-9-16/h3-9,15,20H,10-11,19H2,1-2H3. The molecular formula is C17H21ClN2O. The summed E-state index contributed by atoms with van der Waals surface area (Å²) in [5, 5.41) is 0.700. The summed E-state index contributed by atoms with van der Waals surface area (Å²) < 4.78 is 5.76. The Kier molecular flexibility index (Phi) is 5.62. The second kappa shape index (κ2) is 7.46. The summed E-state index contributed by atoms with van der Waals surface area (Å²) in [7, 11) is 0. The number of halogens is 1. The van der Waals surface area contributed by atoms with E-state index in [0.29, 0.717) is 11.6 Å². The summed E-state index contributed by atoms with van der Waals surface area (Å²) in [4.78, 5) is 0. The van der Waals surface area contributed by atoms with E-state index in [0.717, 1.165) is 12.2 Å². The molecule has 1 unspecified atom stereocenters. The van der Waals surface area contributed by atoms with E-state index in [9.17, 15) is 0 Å². The van der Waals surface area contributed by atoms with Crippen molar-refractivity contribution in [3.8, 4) is 5.75 Å². The van der Waals surface area contributed by atoms with Crippen LogP contribution in [0, 0.1) is 13.8 Å². The highest BCUT2D eigenvalue weighted by Crippen LogP contribution is 2.18. The van der Waals surface area contributed by atoms with Gasteiger partial charge in [0, 0.05) is 5.02 Å². The van der Waals surface area contributed by atoms with Gasteiger partial charge in [-0.05, 0) is 61.2 Å². The Hall–Kier alpha value is -1.55. The van der Waals surface area contributed by atoms with Crippen LogP contribution in [0.4, 0.5) is 0 Å². The van der Waals surface area contributed by atoms with Crippen molar-refractivity contribution < 1.29 is 4.74 Å². The molecule has 2 aromatic rings. The Morgan fingerprint density at radius 3 is 2.29 bits per heavy atom. The first-order valence-electron chi connectivity index (χ1n) is 6.99. The van der Waals surface area contributed by atoms with Crippen LogP contribution in [0.15, 0.2) is 42.5 Å². The number of benzene rings is 2. The van der Waals surface area contributed by atoms with Gasteiger partial charge in [0.15, 0.2) is 0 Å². The fourth-order valence-electron chi connectivity index (χ4n) is 2.31. The number of hydrogen-bond donors (Lipinski definition) is 2. The van der Waals surface area contributed by atoms with Crippen LogP contribution in [-0.4, -0.2) is 12.6 Å². The molecule has 0 amide bonds. The Balaban J connectivity index is 1.98. The Morgan fingerprint density at radius 1 is 1.10 bits per heavy atom. The van der Waals surface area contributed by atoms with E-state index in [1.54, 1.807) is 0 Å². The molecule has 1 atom stereocenters. The zero-order valence-electron chi connectivity index (χ0n) is 12.4. The van der Waals surface area contributed by atoms with Gasteiger partial charge in [-0.25, -0.2) is 0 Å². The molecule has 0 saturated heterocycles. The predicted octanol–water partition coefficient (Wildman–Crippen LogP) is 3.41. The first-order chi connectivity index (χ1) is 10.1. The third kappa shape index (κ3) is 4.46. The summed E-state index contributed by atoms with van der Waals surface area (Å²) in [6.07, 6.45) is 0.836. The third-order valence-corrected chi connectivity index (χ3v) is 3.85. The van der Waals surface area contributed by atoms with Crippen LogP contribution in [-0.2, 0) is 6.42 Å². The molecule has 0 spiro atoms. The van der Waals surface area contributed by atoms with Gasteiger partial charge in [-0.1, -0.05) is 29.8 Å². The summed E-state index contributed by atoms with van der Waals surface area (Å²) in [5.41, 5.74) is 6.71. The van der Waals surface area contributed by atoms with Crippen molar-refractivity contribution >= 4 is 11.6 Å².